The van der Waals surface area contributed by atoms with E-state index in [0.29, 0.717) is 0 Å². The first-order valence-electron chi connectivity index (χ1n) is 18.8. The van der Waals surface area contributed by atoms with Crippen LogP contribution in [0.5, 0.6) is 0 Å². The van der Waals surface area contributed by atoms with Crippen molar-refractivity contribution in [3.63, 3.8) is 0 Å². The summed E-state index contributed by atoms with van der Waals surface area (Å²) in [6.45, 7) is 9.02. The number of carbonyl (C=O) groups excluding carboxylic acids is 9. The van der Waals surface area contributed by atoms with Crippen molar-refractivity contribution in [3.8, 4) is 0 Å². The number of hydrogen-bond acceptors (Lipinski definition) is 24. The lowest BCUT2D eigenvalue weighted by atomic mass is 9.95. The van der Waals surface area contributed by atoms with Crippen LogP contribution >= 0.6 is 0 Å². The maximum absolute atomic E-state index is 12.8. The van der Waals surface area contributed by atoms with Crippen LogP contribution in [0, 0.1) is 0 Å². The first-order chi connectivity index (χ1) is 29.0. The van der Waals surface area contributed by atoms with Crippen molar-refractivity contribution in [2.24, 2.45) is 5.11 Å². The van der Waals surface area contributed by atoms with Crippen LogP contribution in [-0.4, -0.2) is 159 Å². The number of carbonyl (C=O) groups is 9. The summed E-state index contributed by atoms with van der Waals surface area (Å²) in [4.78, 5) is 114. The second kappa shape index (κ2) is 23.0. The molecule has 0 spiro atoms. The third-order valence-corrected chi connectivity index (χ3v) is 8.69. The molecule has 0 radical (unpaired) electrons. The topological polar surface area (TPSA) is 332 Å². The largest absolute Gasteiger partial charge is 0.463 e. The average molecular weight is 892 g/mol. The Balaban J connectivity index is 2.35. The third kappa shape index (κ3) is 14.5. The molecule has 3 aliphatic heterocycles. The van der Waals surface area contributed by atoms with Crippen LogP contribution in [0.3, 0.4) is 0 Å². The summed E-state index contributed by atoms with van der Waals surface area (Å²) in [5.74, 6) is -8.39. The van der Waals surface area contributed by atoms with Gasteiger partial charge in [0.05, 0.1) is 6.10 Å². The molecule has 0 bridgehead atoms. The molecule has 3 fully saturated rings. The van der Waals surface area contributed by atoms with Crippen molar-refractivity contribution in [3.05, 3.63) is 10.4 Å². The molecule has 3 saturated heterocycles. The Morgan fingerprint density at radius 3 is 1.24 bits per heavy atom. The van der Waals surface area contributed by atoms with Crippen LogP contribution in [0.15, 0.2) is 5.11 Å². The average Bonchev–Trinajstić information content (AvgIpc) is 3.13. The van der Waals surface area contributed by atoms with Crippen molar-refractivity contribution in [1.29, 1.82) is 0 Å². The van der Waals surface area contributed by atoms with Crippen LogP contribution in [-0.2, 0) is 109 Å². The summed E-state index contributed by atoms with van der Waals surface area (Å²) in [7, 11) is 0. The van der Waals surface area contributed by atoms with Gasteiger partial charge in [0.2, 0.25) is 0 Å². The lowest BCUT2D eigenvalue weighted by Gasteiger charge is -2.50. The van der Waals surface area contributed by atoms with Gasteiger partial charge in [0.15, 0.2) is 67.6 Å². The Morgan fingerprint density at radius 2 is 0.790 bits per heavy atom. The van der Waals surface area contributed by atoms with E-state index in [2.05, 4.69) is 10.0 Å². The molecule has 62 heavy (non-hydrogen) atoms. The standard InChI is InChI=1S/C36H49N3O23/c1-13-25(52-16(4)42)28(54-18(6)44)32(58-22(10)48)35(51-13)62-33-30(56-20(8)46)26(53-17(5)43)24(12-50-15(3)41)60-36(33)61-27-23(11-49-14(2)40)59-34(38-39-37)31(57-21(9)47)29(27)55-19(7)45/h13,23-36H,11-12H2,1-10H3/t13-,23+,24+,25+,26-,27+,28+,29-,30-,31+,32-,33+,34+,35-,36-/m0/s1. The summed E-state index contributed by atoms with van der Waals surface area (Å²) in [6.07, 6.45) is -25.7. The highest BCUT2D eigenvalue weighted by atomic mass is 16.8. The zero-order valence-corrected chi connectivity index (χ0v) is 35.3. The Morgan fingerprint density at radius 1 is 0.435 bits per heavy atom. The van der Waals surface area contributed by atoms with Gasteiger partial charge in [0, 0.05) is 67.2 Å². The molecule has 0 aliphatic carbocycles. The smallest absolute Gasteiger partial charge is 0.303 e. The van der Waals surface area contributed by atoms with Gasteiger partial charge in [-0.1, -0.05) is 5.11 Å². The fourth-order valence-electron chi connectivity index (χ4n) is 6.69. The first kappa shape index (κ1) is 50.7. The van der Waals surface area contributed by atoms with Gasteiger partial charge in [-0.2, -0.15) is 0 Å². The normalized spacial score (nSPS) is 32.8. The van der Waals surface area contributed by atoms with E-state index < -0.39 is 159 Å². The van der Waals surface area contributed by atoms with Crippen molar-refractivity contribution in [2.45, 2.75) is 161 Å². The predicted molar refractivity (Wildman–Crippen MR) is 193 cm³/mol. The number of esters is 9. The van der Waals surface area contributed by atoms with Crippen molar-refractivity contribution >= 4 is 53.7 Å². The Bertz CT molecular complexity index is 1740. The molecule has 0 aromatic heterocycles. The Kier molecular flexibility index (Phi) is 18.8. The van der Waals surface area contributed by atoms with E-state index in [-0.39, 0.29) is 0 Å². The van der Waals surface area contributed by atoms with Gasteiger partial charge in [0.1, 0.15) is 31.5 Å². The van der Waals surface area contributed by atoms with E-state index in [1.54, 1.807) is 0 Å². The minimum absolute atomic E-state index is 0.705. The van der Waals surface area contributed by atoms with Crippen molar-refractivity contribution in [2.75, 3.05) is 13.2 Å². The lowest BCUT2D eigenvalue weighted by Crippen LogP contribution is -2.68. The fraction of sp³-hybridized carbons (Fsp3) is 0.750. The quantitative estimate of drug-likeness (QED) is 0.0642. The molecule has 3 aliphatic rings. The van der Waals surface area contributed by atoms with Gasteiger partial charge in [-0.15, -0.1) is 0 Å². The number of azide groups is 1. The van der Waals surface area contributed by atoms with Crippen molar-refractivity contribution < 1.29 is 109 Å². The molecule has 0 N–H and O–H groups in total. The highest BCUT2D eigenvalue weighted by Crippen LogP contribution is 2.38. The number of nitrogens with zero attached hydrogens (tertiary/aromatic N) is 3. The minimum Gasteiger partial charge on any atom is -0.463 e. The molecule has 3 rings (SSSR count). The SMILES string of the molecule is CC(=O)OC[C@H]1O[C@@H](O[C@H]2[C@H](OC(C)=O)[C@@H](OC(C)=O)[C@H](N=[N+]=[N-])O[C@@H]2COC(C)=O)[C@H](O[C@@H]2O[C@@H](C)[C@@H](OC(C)=O)[C@@H](OC(C)=O)[C@@H]2OC(C)=O)[C@@H](OC(C)=O)[C@H]1OC(C)=O. The van der Waals surface area contributed by atoms with E-state index in [1.165, 1.54) is 6.92 Å². The maximum Gasteiger partial charge on any atom is 0.303 e. The second-order valence-corrected chi connectivity index (χ2v) is 13.8. The second-order valence-electron chi connectivity index (χ2n) is 13.8. The van der Waals surface area contributed by atoms with E-state index >= 15 is 0 Å². The van der Waals surface area contributed by atoms with Gasteiger partial charge in [-0.3, -0.25) is 43.2 Å². The van der Waals surface area contributed by atoms with E-state index in [0.717, 1.165) is 62.3 Å². The highest BCUT2D eigenvalue weighted by molar-refractivity contribution is 5.70. The van der Waals surface area contributed by atoms with E-state index in [9.17, 15) is 48.7 Å². The molecule has 15 atom stereocenters. The minimum atomic E-state index is -2.04. The molecule has 3 heterocycles. The van der Waals surface area contributed by atoms with Gasteiger partial charge >= 0.3 is 53.7 Å². The number of ether oxygens (including phenoxy) is 14. The van der Waals surface area contributed by atoms with Crippen LogP contribution in [0.25, 0.3) is 10.4 Å². The third-order valence-electron chi connectivity index (χ3n) is 8.69. The zero-order valence-electron chi connectivity index (χ0n) is 35.3. The van der Waals surface area contributed by atoms with Crippen LogP contribution in [0.1, 0.15) is 69.2 Å². The molecule has 26 nitrogen and oxygen atoms in total. The summed E-state index contributed by atoms with van der Waals surface area (Å²) >= 11 is 0. The summed E-state index contributed by atoms with van der Waals surface area (Å²) in [6, 6.07) is 0. The molecule has 0 amide bonds. The zero-order chi connectivity index (χ0) is 46.6. The molecule has 26 heteroatoms. The summed E-state index contributed by atoms with van der Waals surface area (Å²) < 4.78 is 79.9. The van der Waals surface area contributed by atoms with Crippen LogP contribution < -0.4 is 0 Å². The maximum atomic E-state index is 12.8. The van der Waals surface area contributed by atoms with Gasteiger partial charge in [-0.25, -0.2) is 0 Å². The monoisotopic (exact) mass is 891 g/mol. The summed E-state index contributed by atoms with van der Waals surface area (Å²) in [5.41, 5.74) is 9.36. The molecular formula is C36H49N3O23. The Hall–Kier alpha value is -5.66. The number of hydrogen-bond donors (Lipinski definition) is 0. The van der Waals surface area contributed by atoms with Gasteiger partial charge in [0.25, 0.3) is 0 Å². The molecule has 0 aromatic rings. The molecule has 0 aromatic carbocycles. The molecular weight excluding hydrogens is 842 g/mol. The number of rotatable bonds is 16. The lowest BCUT2D eigenvalue weighted by molar-refractivity contribution is -0.381. The fourth-order valence-corrected chi connectivity index (χ4v) is 6.69. The summed E-state index contributed by atoms with van der Waals surface area (Å²) in [5, 5.41) is 3.51. The van der Waals surface area contributed by atoms with Crippen molar-refractivity contribution in [1.82, 2.24) is 0 Å². The van der Waals surface area contributed by atoms with Gasteiger partial charge in [-0.05, 0) is 12.5 Å². The molecule has 0 saturated carbocycles. The van der Waals surface area contributed by atoms with Crippen LogP contribution in [0.2, 0.25) is 0 Å². The predicted octanol–water partition coefficient (Wildman–Crippen LogP) is -0.0902. The van der Waals surface area contributed by atoms with Gasteiger partial charge < -0.3 is 66.3 Å². The van der Waals surface area contributed by atoms with E-state index in [4.69, 9.17) is 66.3 Å². The van der Waals surface area contributed by atoms with Crippen LogP contribution in [0.4, 0.5) is 0 Å². The first-order valence-corrected chi connectivity index (χ1v) is 18.8. The Labute approximate surface area is 353 Å². The molecule has 0 unspecified atom stereocenters. The molecule has 346 valence electrons. The highest BCUT2D eigenvalue weighted by Gasteiger charge is 2.59. The van der Waals surface area contributed by atoms with E-state index in [1.807, 2.05) is 0 Å².